The summed E-state index contributed by atoms with van der Waals surface area (Å²) in [6.45, 7) is 9.76. The van der Waals surface area contributed by atoms with Gasteiger partial charge in [0, 0.05) is 0 Å². The molecule has 0 saturated carbocycles. The predicted octanol–water partition coefficient (Wildman–Crippen LogP) is 3.74. The van der Waals surface area contributed by atoms with Gasteiger partial charge in [-0.3, -0.25) is 0 Å². The number of hydrogen-bond acceptors (Lipinski definition) is 0. The molecule has 0 rings (SSSR count). The van der Waals surface area contributed by atoms with Crippen molar-refractivity contribution < 1.29 is 0 Å². The minimum atomic E-state index is 1.09. The molecule has 0 bridgehead atoms. The zero-order valence-electron chi connectivity index (χ0n) is 7.16. The van der Waals surface area contributed by atoms with Gasteiger partial charge < -0.3 is 0 Å². The van der Waals surface area contributed by atoms with E-state index >= 15 is 0 Å². The molecular weight excluding hydrogens is 120 g/mol. The van der Waals surface area contributed by atoms with Crippen molar-refractivity contribution in [3.05, 3.63) is 19.1 Å². The Balaban J connectivity index is 2.84. The Morgan fingerprint density at radius 1 is 1.10 bits per heavy atom. The fourth-order valence-electron chi connectivity index (χ4n) is 0.957. The minimum Gasteiger partial charge on any atom is -0.100 e. The summed E-state index contributed by atoms with van der Waals surface area (Å²) in [6, 6.07) is 0. The van der Waals surface area contributed by atoms with Crippen LogP contribution in [0.3, 0.4) is 0 Å². The first kappa shape index (κ1) is 9.74. The molecule has 0 heteroatoms. The van der Waals surface area contributed by atoms with Crippen molar-refractivity contribution in [1.82, 2.24) is 0 Å². The van der Waals surface area contributed by atoms with Crippen LogP contribution < -0.4 is 0 Å². The average molecular weight is 139 g/mol. The molecular formula is C10H19. The van der Waals surface area contributed by atoms with E-state index in [0.29, 0.717) is 0 Å². The largest absolute Gasteiger partial charge is 0.100 e. The predicted molar refractivity (Wildman–Crippen MR) is 47.9 cm³/mol. The van der Waals surface area contributed by atoms with E-state index in [9.17, 15) is 0 Å². The van der Waals surface area contributed by atoms with Gasteiger partial charge in [-0.2, -0.15) is 0 Å². The molecule has 10 heavy (non-hydrogen) atoms. The molecule has 59 valence electrons. The van der Waals surface area contributed by atoms with Crippen molar-refractivity contribution >= 4 is 0 Å². The van der Waals surface area contributed by atoms with Gasteiger partial charge in [-0.25, -0.2) is 0 Å². The molecule has 0 spiro atoms. The van der Waals surface area contributed by atoms with E-state index in [1.54, 1.807) is 0 Å². The Hall–Kier alpha value is -0.260. The van der Waals surface area contributed by atoms with Crippen LogP contribution in [0, 0.1) is 6.92 Å². The van der Waals surface area contributed by atoms with E-state index in [1.807, 2.05) is 0 Å². The summed E-state index contributed by atoms with van der Waals surface area (Å²) in [7, 11) is 0. The van der Waals surface area contributed by atoms with Gasteiger partial charge in [0.25, 0.3) is 0 Å². The first-order valence-corrected chi connectivity index (χ1v) is 4.21. The van der Waals surface area contributed by atoms with E-state index in [-0.39, 0.29) is 0 Å². The Kier molecular flexibility index (Phi) is 6.68. The third-order valence-corrected chi connectivity index (χ3v) is 1.60. The highest BCUT2D eigenvalue weighted by Crippen LogP contribution is 2.08. The normalized spacial score (nSPS) is 9.80. The van der Waals surface area contributed by atoms with Crippen LogP contribution >= 0.6 is 0 Å². The molecule has 0 N–H and O–H groups in total. The van der Waals surface area contributed by atoms with Crippen LogP contribution in [0.15, 0.2) is 12.2 Å². The summed E-state index contributed by atoms with van der Waals surface area (Å²) < 4.78 is 0. The van der Waals surface area contributed by atoms with Crippen molar-refractivity contribution in [2.24, 2.45) is 0 Å². The third kappa shape index (κ3) is 7.74. The van der Waals surface area contributed by atoms with Crippen LogP contribution in [0.5, 0.6) is 0 Å². The van der Waals surface area contributed by atoms with Gasteiger partial charge in [-0.15, -0.1) is 6.58 Å². The van der Waals surface area contributed by atoms with E-state index in [0.717, 1.165) is 6.42 Å². The summed E-state index contributed by atoms with van der Waals surface area (Å²) in [6.07, 6.45) is 7.59. The molecule has 0 nitrogen and oxygen atoms in total. The number of unbranched alkanes of at least 4 members (excludes halogenated alkanes) is 4. The van der Waals surface area contributed by atoms with Crippen LogP contribution in [0.1, 0.15) is 45.4 Å². The minimum absolute atomic E-state index is 1.09. The Morgan fingerprint density at radius 3 is 2.20 bits per heavy atom. The number of allylic oxidation sites excluding steroid dienone is 1. The second kappa shape index (κ2) is 6.85. The molecule has 0 aromatic heterocycles. The van der Waals surface area contributed by atoms with Crippen molar-refractivity contribution in [2.75, 3.05) is 0 Å². The molecule has 0 aromatic carbocycles. The standard InChI is InChI=1S/C10H19/c1-4-5-6-7-8-9-10(2)3/h1-2,4-9H2,3H3. The molecule has 0 aliphatic rings. The summed E-state index contributed by atoms with van der Waals surface area (Å²) in [5, 5.41) is 0. The van der Waals surface area contributed by atoms with Crippen molar-refractivity contribution in [1.29, 1.82) is 0 Å². The molecule has 1 radical (unpaired) electrons. The van der Waals surface area contributed by atoms with Gasteiger partial charge in [-0.1, -0.05) is 38.2 Å². The smallest absolute Gasteiger partial charge is 0.0326 e. The fraction of sp³-hybridized carbons (Fsp3) is 0.700. The van der Waals surface area contributed by atoms with Gasteiger partial charge in [0.1, 0.15) is 0 Å². The maximum atomic E-state index is 3.86. The molecule has 0 fully saturated rings. The zero-order chi connectivity index (χ0) is 7.82. The van der Waals surface area contributed by atoms with E-state index in [4.69, 9.17) is 0 Å². The van der Waals surface area contributed by atoms with Crippen molar-refractivity contribution in [2.45, 2.75) is 45.4 Å². The van der Waals surface area contributed by atoms with Gasteiger partial charge in [0.05, 0.1) is 0 Å². The summed E-state index contributed by atoms with van der Waals surface area (Å²) in [4.78, 5) is 0. The molecule has 0 atom stereocenters. The quantitative estimate of drug-likeness (QED) is 0.388. The average Bonchev–Trinajstić information content (AvgIpc) is 1.87. The lowest BCUT2D eigenvalue weighted by Crippen LogP contribution is -1.78. The maximum Gasteiger partial charge on any atom is -0.0326 e. The van der Waals surface area contributed by atoms with Crippen LogP contribution in [-0.2, 0) is 0 Å². The highest BCUT2D eigenvalue weighted by molar-refractivity contribution is 4.86. The highest BCUT2D eigenvalue weighted by atomic mass is 13.9. The molecule has 0 saturated heterocycles. The Morgan fingerprint density at radius 2 is 1.70 bits per heavy atom. The lowest BCUT2D eigenvalue weighted by atomic mass is 10.1. The SMILES string of the molecule is [CH2]CCCCCCC(=C)C. The molecule has 0 aliphatic carbocycles. The number of rotatable bonds is 6. The van der Waals surface area contributed by atoms with Gasteiger partial charge >= 0.3 is 0 Å². The van der Waals surface area contributed by atoms with Crippen LogP contribution in [0.2, 0.25) is 0 Å². The number of hydrogen-bond donors (Lipinski definition) is 0. The van der Waals surface area contributed by atoms with E-state index < -0.39 is 0 Å². The third-order valence-electron chi connectivity index (χ3n) is 1.60. The Labute approximate surface area is 65.3 Å². The second-order valence-electron chi connectivity index (χ2n) is 2.97. The van der Waals surface area contributed by atoms with Gasteiger partial charge in [0.15, 0.2) is 0 Å². The molecule has 0 amide bonds. The van der Waals surface area contributed by atoms with E-state index in [1.165, 1.54) is 37.7 Å². The monoisotopic (exact) mass is 139 g/mol. The van der Waals surface area contributed by atoms with Crippen molar-refractivity contribution in [3.8, 4) is 0 Å². The zero-order valence-corrected chi connectivity index (χ0v) is 7.16. The molecule has 0 aromatic rings. The summed E-state index contributed by atoms with van der Waals surface area (Å²) >= 11 is 0. The first-order chi connectivity index (χ1) is 4.77. The lowest BCUT2D eigenvalue weighted by molar-refractivity contribution is 0.644. The summed E-state index contributed by atoms with van der Waals surface area (Å²) in [5.74, 6) is 0. The lowest BCUT2D eigenvalue weighted by Gasteiger charge is -1.98. The van der Waals surface area contributed by atoms with Crippen LogP contribution in [0.4, 0.5) is 0 Å². The summed E-state index contributed by atoms with van der Waals surface area (Å²) in [5.41, 5.74) is 1.31. The Bertz CT molecular complexity index is 82.0. The van der Waals surface area contributed by atoms with E-state index in [2.05, 4.69) is 20.4 Å². The molecule has 0 heterocycles. The maximum absolute atomic E-state index is 3.86. The first-order valence-electron chi connectivity index (χ1n) is 4.21. The van der Waals surface area contributed by atoms with Gasteiger partial charge in [0.2, 0.25) is 0 Å². The fourth-order valence-corrected chi connectivity index (χ4v) is 0.957. The second-order valence-corrected chi connectivity index (χ2v) is 2.97. The molecule has 0 unspecified atom stereocenters. The van der Waals surface area contributed by atoms with Gasteiger partial charge in [-0.05, 0) is 19.8 Å². The molecule has 0 aliphatic heterocycles. The van der Waals surface area contributed by atoms with Crippen molar-refractivity contribution in [3.63, 3.8) is 0 Å². The topological polar surface area (TPSA) is 0 Å². The highest BCUT2D eigenvalue weighted by Gasteiger charge is 1.88. The van der Waals surface area contributed by atoms with Crippen LogP contribution in [0.25, 0.3) is 0 Å². The van der Waals surface area contributed by atoms with Crippen LogP contribution in [-0.4, -0.2) is 0 Å².